The molecule has 0 saturated carbocycles. The molecule has 0 N–H and O–H groups in total. The first kappa shape index (κ1) is 20.7. The highest BCUT2D eigenvalue weighted by molar-refractivity contribution is 6.03. The molecule has 0 bridgehead atoms. The number of aryl methyl sites for hydroxylation is 1. The van der Waals surface area contributed by atoms with Crippen LogP contribution in [0.25, 0.3) is 33.1 Å². The van der Waals surface area contributed by atoms with Crippen molar-refractivity contribution >= 4 is 39.7 Å². The average molecular weight is 445 g/mol. The standard InChI is InChI=1S/C25H19NO7/c1-14-16(7-10-24(29)33-26-22(27)8-9-23(26)28)25(30)32-21-12-20-18(11-17(14)21)19(13-31-20)15-5-3-2-4-6-15/h2-6,11-13H,7-10H2,1H3. The summed E-state index contributed by atoms with van der Waals surface area (Å²) in [7, 11) is 0. The number of nitrogens with zero attached hydrogens (tertiary/aromatic N) is 1. The Balaban J connectivity index is 1.46. The lowest BCUT2D eigenvalue weighted by Crippen LogP contribution is -2.32. The lowest BCUT2D eigenvalue weighted by atomic mass is 9.99. The van der Waals surface area contributed by atoms with Crippen LogP contribution < -0.4 is 5.63 Å². The lowest BCUT2D eigenvalue weighted by molar-refractivity contribution is -0.197. The number of rotatable bonds is 5. The fourth-order valence-corrected chi connectivity index (χ4v) is 4.07. The predicted molar refractivity (Wildman–Crippen MR) is 118 cm³/mol. The molecule has 0 radical (unpaired) electrons. The van der Waals surface area contributed by atoms with Crippen molar-refractivity contribution in [3.8, 4) is 11.1 Å². The molecule has 1 aliphatic rings. The predicted octanol–water partition coefficient (Wildman–Crippen LogP) is 4.05. The second-order valence-electron chi connectivity index (χ2n) is 7.90. The van der Waals surface area contributed by atoms with Crippen LogP contribution in [0.15, 0.2) is 62.4 Å². The van der Waals surface area contributed by atoms with E-state index in [1.54, 1.807) is 19.3 Å². The highest BCUT2D eigenvalue weighted by Gasteiger charge is 2.32. The molecule has 1 aliphatic heterocycles. The second-order valence-corrected chi connectivity index (χ2v) is 7.90. The summed E-state index contributed by atoms with van der Waals surface area (Å²) in [6, 6.07) is 13.4. The quantitative estimate of drug-likeness (QED) is 0.337. The van der Waals surface area contributed by atoms with Crippen LogP contribution in [-0.2, 0) is 25.6 Å². The Morgan fingerprint density at radius 3 is 2.45 bits per heavy atom. The molecule has 5 rings (SSSR count). The van der Waals surface area contributed by atoms with E-state index in [1.807, 2.05) is 36.4 Å². The van der Waals surface area contributed by atoms with E-state index in [-0.39, 0.29) is 25.7 Å². The van der Waals surface area contributed by atoms with Crippen molar-refractivity contribution in [1.82, 2.24) is 5.06 Å². The third kappa shape index (κ3) is 3.69. The number of carbonyl (C=O) groups is 3. The molecule has 2 aromatic heterocycles. The number of amides is 2. The summed E-state index contributed by atoms with van der Waals surface area (Å²) in [5, 5.41) is 2.11. The first-order valence-corrected chi connectivity index (χ1v) is 10.5. The van der Waals surface area contributed by atoms with Crippen molar-refractivity contribution < 1.29 is 28.1 Å². The summed E-state index contributed by atoms with van der Waals surface area (Å²) in [4.78, 5) is 52.9. The Bertz CT molecular complexity index is 1460. The largest absolute Gasteiger partial charge is 0.464 e. The summed E-state index contributed by atoms with van der Waals surface area (Å²) >= 11 is 0. The zero-order valence-electron chi connectivity index (χ0n) is 17.8. The van der Waals surface area contributed by atoms with E-state index in [1.165, 1.54) is 0 Å². The maximum Gasteiger partial charge on any atom is 0.339 e. The highest BCUT2D eigenvalue weighted by atomic mass is 16.7. The van der Waals surface area contributed by atoms with Gasteiger partial charge in [0.2, 0.25) is 0 Å². The number of imide groups is 1. The van der Waals surface area contributed by atoms with Crippen LogP contribution in [-0.4, -0.2) is 22.8 Å². The molecule has 166 valence electrons. The van der Waals surface area contributed by atoms with Gasteiger partial charge in [0.1, 0.15) is 11.2 Å². The number of furan rings is 1. The molecule has 2 amide bonds. The zero-order valence-corrected chi connectivity index (χ0v) is 17.8. The van der Waals surface area contributed by atoms with Gasteiger partial charge in [0.05, 0.1) is 12.7 Å². The number of hydroxylamine groups is 2. The van der Waals surface area contributed by atoms with Gasteiger partial charge < -0.3 is 13.7 Å². The maximum absolute atomic E-state index is 12.6. The molecule has 0 spiro atoms. The van der Waals surface area contributed by atoms with E-state index in [2.05, 4.69) is 0 Å². The molecule has 8 heteroatoms. The van der Waals surface area contributed by atoms with Crippen LogP contribution in [0.3, 0.4) is 0 Å². The molecule has 4 aromatic rings. The Hall–Kier alpha value is -4.20. The molecule has 0 unspecified atom stereocenters. The highest BCUT2D eigenvalue weighted by Crippen LogP contribution is 2.34. The third-order valence-electron chi connectivity index (χ3n) is 5.84. The minimum absolute atomic E-state index is 0.0208. The van der Waals surface area contributed by atoms with Crippen molar-refractivity contribution in [2.45, 2.75) is 32.6 Å². The molecule has 2 aromatic carbocycles. The van der Waals surface area contributed by atoms with Gasteiger partial charge in [-0.25, -0.2) is 9.59 Å². The van der Waals surface area contributed by atoms with Gasteiger partial charge in [-0.3, -0.25) is 9.59 Å². The van der Waals surface area contributed by atoms with Gasteiger partial charge in [0, 0.05) is 40.8 Å². The number of fused-ring (bicyclic) bond motifs is 2. The van der Waals surface area contributed by atoms with Crippen molar-refractivity contribution in [2.24, 2.45) is 0 Å². The summed E-state index contributed by atoms with van der Waals surface area (Å²) in [5.74, 6) is -1.87. The third-order valence-corrected chi connectivity index (χ3v) is 5.84. The Morgan fingerprint density at radius 2 is 1.73 bits per heavy atom. The van der Waals surface area contributed by atoms with Gasteiger partial charge in [0.25, 0.3) is 11.8 Å². The molecule has 1 saturated heterocycles. The Morgan fingerprint density at radius 1 is 1.00 bits per heavy atom. The molecule has 3 heterocycles. The molecule has 1 fully saturated rings. The number of carbonyl (C=O) groups excluding carboxylic acids is 3. The smallest absolute Gasteiger partial charge is 0.339 e. The topological polar surface area (TPSA) is 107 Å². The van der Waals surface area contributed by atoms with Crippen molar-refractivity contribution in [3.63, 3.8) is 0 Å². The number of benzene rings is 2. The second kappa shape index (κ2) is 8.05. The number of hydrogen-bond acceptors (Lipinski definition) is 7. The molecular formula is C25H19NO7. The van der Waals surface area contributed by atoms with E-state index in [0.29, 0.717) is 27.4 Å². The lowest BCUT2D eigenvalue weighted by Gasteiger charge is -2.13. The van der Waals surface area contributed by atoms with E-state index in [4.69, 9.17) is 13.7 Å². The first-order valence-electron chi connectivity index (χ1n) is 10.5. The van der Waals surface area contributed by atoms with Crippen LogP contribution in [0, 0.1) is 6.92 Å². The Kier molecular flexibility index (Phi) is 5.05. The van der Waals surface area contributed by atoms with Crippen LogP contribution in [0.1, 0.15) is 30.4 Å². The molecular weight excluding hydrogens is 426 g/mol. The van der Waals surface area contributed by atoms with Crippen LogP contribution in [0.5, 0.6) is 0 Å². The minimum Gasteiger partial charge on any atom is -0.464 e. The van der Waals surface area contributed by atoms with Gasteiger partial charge in [-0.2, -0.15) is 0 Å². The van der Waals surface area contributed by atoms with E-state index < -0.39 is 23.4 Å². The molecule has 0 atom stereocenters. The monoisotopic (exact) mass is 445 g/mol. The first-order chi connectivity index (χ1) is 15.9. The van der Waals surface area contributed by atoms with Gasteiger partial charge in [-0.05, 0) is 30.5 Å². The van der Waals surface area contributed by atoms with Crippen molar-refractivity contribution in [2.75, 3.05) is 0 Å². The molecule has 8 nitrogen and oxygen atoms in total. The summed E-state index contributed by atoms with van der Waals surface area (Å²) in [6.07, 6.45) is 1.58. The zero-order chi connectivity index (χ0) is 23.1. The van der Waals surface area contributed by atoms with Crippen LogP contribution in [0.2, 0.25) is 0 Å². The minimum atomic E-state index is -0.769. The van der Waals surface area contributed by atoms with E-state index in [0.717, 1.165) is 21.9 Å². The summed E-state index contributed by atoms with van der Waals surface area (Å²) in [6.45, 7) is 1.79. The van der Waals surface area contributed by atoms with Gasteiger partial charge in [0.15, 0.2) is 0 Å². The summed E-state index contributed by atoms with van der Waals surface area (Å²) in [5.41, 5.74) is 3.36. The Labute approximate surface area is 187 Å². The van der Waals surface area contributed by atoms with Crippen LogP contribution >= 0.6 is 0 Å². The van der Waals surface area contributed by atoms with E-state index in [9.17, 15) is 19.2 Å². The van der Waals surface area contributed by atoms with Gasteiger partial charge >= 0.3 is 11.6 Å². The average Bonchev–Trinajstić information content (AvgIpc) is 3.36. The maximum atomic E-state index is 12.6. The normalized spacial score (nSPS) is 13.9. The number of hydrogen-bond donors (Lipinski definition) is 0. The van der Waals surface area contributed by atoms with Crippen LogP contribution in [0.4, 0.5) is 0 Å². The fourth-order valence-electron chi connectivity index (χ4n) is 4.07. The van der Waals surface area contributed by atoms with Gasteiger partial charge in [-0.1, -0.05) is 30.3 Å². The van der Waals surface area contributed by atoms with Crippen molar-refractivity contribution in [3.05, 3.63) is 70.3 Å². The molecule has 0 aliphatic carbocycles. The van der Waals surface area contributed by atoms with Gasteiger partial charge in [-0.15, -0.1) is 5.06 Å². The van der Waals surface area contributed by atoms with E-state index >= 15 is 0 Å². The van der Waals surface area contributed by atoms with Crippen molar-refractivity contribution in [1.29, 1.82) is 0 Å². The summed E-state index contributed by atoms with van der Waals surface area (Å²) < 4.78 is 11.2. The fraction of sp³-hybridized carbons (Fsp3) is 0.200. The SMILES string of the molecule is Cc1c(CCC(=O)ON2C(=O)CCC2=O)c(=O)oc2cc3occ(-c4ccccc4)c3cc12. The molecule has 33 heavy (non-hydrogen) atoms.